The Kier molecular flexibility index (Phi) is 5.05. The molecule has 160 valence electrons. The van der Waals surface area contributed by atoms with E-state index in [1.807, 2.05) is 0 Å². The lowest BCUT2D eigenvalue weighted by Gasteiger charge is -2.23. The number of aryl methyl sites for hydroxylation is 2. The van der Waals surface area contributed by atoms with Crippen LogP contribution in [0.3, 0.4) is 0 Å². The molecule has 0 bridgehead atoms. The normalized spacial score (nSPS) is 25.7. The third-order valence-electron chi connectivity index (χ3n) is 5.48. The van der Waals surface area contributed by atoms with Gasteiger partial charge in [-0.1, -0.05) is 12.1 Å². The molecule has 1 aliphatic rings. The largest absolute Gasteiger partial charge is 0.416 e. The first kappa shape index (κ1) is 20.7. The van der Waals surface area contributed by atoms with Crippen molar-refractivity contribution in [1.29, 1.82) is 0 Å². The number of aromatic nitrogens is 3. The van der Waals surface area contributed by atoms with Gasteiger partial charge < -0.3 is 24.6 Å². The number of halogens is 3. The Morgan fingerprint density at radius 3 is 2.53 bits per heavy atom. The number of benzene rings is 1. The van der Waals surface area contributed by atoms with E-state index in [9.17, 15) is 28.5 Å². The van der Waals surface area contributed by atoms with Crippen LogP contribution in [0.5, 0.6) is 0 Å². The zero-order valence-electron chi connectivity index (χ0n) is 16.1. The molecule has 0 radical (unpaired) electrons. The highest BCUT2D eigenvalue weighted by molar-refractivity contribution is 5.78. The van der Waals surface area contributed by atoms with E-state index in [0.717, 1.165) is 11.5 Å². The Labute approximate surface area is 169 Å². The van der Waals surface area contributed by atoms with Gasteiger partial charge in [0.05, 0.1) is 11.3 Å². The summed E-state index contributed by atoms with van der Waals surface area (Å²) in [5.74, 6) is 0. The second-order valence-electron chi connectivity index (χ2n) is 7.41. The van der Waals surface area contributed by atoms with Crippen LogP contribution in [-0.4, -0.2) is 48.2 Å². The van der Waals surface area contributed by atoms with E-state index in [1.54, 1.807) is 19.2 Å². The highest BCUT2D eigenvalue weighted by Crippen LogP contribution is 2.39. The van der Waals surface area contributed by atoms with Crippen molar-refractivity contribution in [2.45, 2.75) is 50.7 Å². The number of fused-ring (bicyclic) bond motifs is 1. The summed E-state index contributed by atoms with van der Waals surface area (Å²) in [5, 5.41) is 32.4. The van der Waals surface area contributed by atoms with Crippen LogP contribution in [0.4, 0.5) is 13.2 Å². The summed E-state index contributed by atoms with van der Waals surface area (Å²) >= 11 is 0. The molecule has 5 atom stereocenters. The summed E-state index contributed by atoms with van der Waals surface area (Å²) in [6.45, 7) is 3.11. The highest BCUT2D eigenvalue weighted by atomic mass is 19.4. The van der Waals surface area contributed by atoms with Crippen molar-refractivity contribution in [2.75, 3.05) is 0 Å². The number of nitrogens with zero attached hydrogens (tertiary/aromatic N) is 3. The number of rotatable bonds is 3. The smallest absolute Gasteiger partial charge is 0.387 e. The SMILES string of the molecule is Cc1ccc([C@@H](O)[C@H]2O[C@@H](n3ccc4c(C)ncnc43)[C@H](O)[C@@H]2O)cc1C(F)(F)F. The van der Waals surface area contributed by atoms with Crippen molar-refractivity contribution in [1.82, 2.24) is 14.5 Å². The predicted octanol–water partition coefficient (Wildman–Crippen LogP) is 2.42. The molecule has 1 aromatic carbocycles. The van der Waals surface area contributed by atoms with Crippen LogP contribution >= 0.6 is 0 Å². The number of ether oxygens (including phenoxy) is 1. The Balaban J connectivity index is 1.66. The van der Waals surface area contributed by atoms with Crippen LogP contribution in [0, 0.1) is 13.8 Å². The van der Waals surface area contributed by atoms with Crippen molar-refractivity contribution in [2.24, 2.45) is 0 Å². The van der Waals surface area contributed by atoms with E-state index in [4.69, 9.17) is 4.74 Å². The standard InChI is InChI=1S/C20H20F3N3O4/c1-9-3-4-11(7-13(9)20(21,22)23)14(27)17-15(28)16(29)19(30-17)26-6-5-12-10(2)24-8-25-18(12)26/h3-8,14-17,19,27-29H,1-2H3/t14-,15+,16-,17-,19-/m1/s1. The van der Waals surface area contributed by atoms with Gasteiger partial charge in [-0.25, -0.2) is 9.97 Å². The first-order chi connectivity index (χ1) is 14.1. The van der Waals surface area contributed by atoms with Gasteiger partial charge in [0.15, 0.2) is 6.23 Å². The zero-order chi connectivity index (χ0) is 21.8. The molecule has 0 saturated carbocycles. The Morgan fingerprint density at radius 2 is 1.83 bits per heavy atom. The second kappa shape index (κ2) is 7.31. The average molecular weight is 423 g/mol. The topological polar surface area (TPSA) is 101 Å². The van der Waals surface area contributed by atoms with Gasteiger partial charge in [0, 0.05) is 11.6 Å². The fraction of sp³-hybridized carbons (Fsp3) is 0.400. The average Bonchev–Trinajstić information content (AvgIpc) is 3.23. The summed E-state index contributed by atoms with van der Waals surface area (Å²) < 4.78 is 46.9. The number of hydrogen-bond donors (Lipinski definition) is 3. The molecule has 1 saturated heterocycles. The van der Waals surface area contributed by atoms with Gasteiger partial charge in [0.25, 0.3) is 0 Å². The van der Waals surface area contributed by atoms with Crippen LogP contribution in [0.25, 0.3) is 11.0 Å². The van der Waals surface area contributed by atoms with Gasteiger partial charge in [0.2, 0.25) is 0 Å². The summed E-state index contributed by atoms with van der Waals surface area (Å²) in [7, 11) is 0. The van der Waals surface area contributed by atoms with Crippen molar-refractivity contribution in [3.63, 3.8) is 0 Å². The zero-order valence-corrected chi connectivity index (χ0v) is 16.1. The lowest BCUT2D eigenvalue weighted by Crippen LogP contribution is -2.35. The fourth-order valence-electron chi connectivity index (χ4n) is 3.80. The van der Waals surface area contributed by atoms with Crippen LogP contribution in [0.2, 0.25) is 0 Å². The van der Waals surface area contributed by atoms with Crippen molar-refractivity contribution < 1.29 is 33.2 Å². The molecule has 3 N–H and O–H groups in total. The lowest BCUT2D eigenvalue weighted by molar-refractivity contribution is -0.138. The molecule has 0 aliphatic carbocycles. The van der Waals surface area contributed by atoms with Gasteiger partial charge in [-0.2, -0.15) is 13.2 Å². The van der Waals surface area contributed by atoms with Gasteiger partial charge >= 0.3 is 6.18 Å². The maximum absolute atomic E-state index is 13.2. The van der Waals surface area contributed by atoms with Gasteiger partial charge in [0.1, 0.15) is 36.4 Å². The number of aliphatic hydroxyl groups is 3. The maximum atomic E-state index is 13.2. The van der Waals surface area contributed by atoms with Gasteiger partial charge in [-0.15, -0.1) is 0 Å². The van der Waals surface area contributed by atoms with E-state index in [2.05, 4.69) is 9.97 Å². The van der Waals surface area contributed by atoms with E-state index >= 15 is 0 Å². The second-order valence-corrected chi connectivity index (χ2v) is 7.41. The van der Waals surface area contributed by atoms with E-state index < -0.39 is 42.4 Å². The van der Waals surface area contributed by atoms with Crippen molar-refractivity contribution in [3.05, 3.63) is 59.2 Å². The molecule has 1 aliphatic heterocycles. The molecule has 2 aromatic heterocycles. The molecule has 4 rings (SSSR count). The molecule has 3 aromatic rings. The van der Waals surface area contributed by atoms with E-state index in [-0.39, 0.29) is 11.1 Å². The Hall–Kier alpha value is -2.53. The molecule has 3 heterocycles. The lowest BCUT2D eigenvalue weighted by atomic mass is 9.96. The van der Waals surface area contributed by atoms with Crippen LogP contribution in [0.15, 0.2) is 36.8 Å². The van der Waals surface area contributed by atoms with Gasteiger partial charge in [-0.3, -0.25) is 0 Å². The minimum atomic E-state index is -4.58. The molecule has 30 heavy (non-hydrogen) atoms. The van der Waals surface area contributed by atoms with Crippen LogP contribution in [-0.2, 0) is 10.9 Å². The van der Waals surface area contributed by atoms with Crippen LogP contribution < -0.4 is 0 Å². The number of hydrogen-bond acceptors (Lipinski definition) is 6. The van der Waals surface area contributed by atoms with Gasteiger partial charge in [-0.05, 0) is 37.1 Å². The Morgan fingerprint density at radius 1 is 1.10 bits per heavy atom. The molecule has 10 heteroatoms. The van der Waals surface area contributed by atoms with E-state index in [1.165, 1.54) is 30.0 Å². The van der Waals surface area contributed by atoms with E-state index in [0.29, 0.717) is 11.3 Å². The quantitative estimate of drug-likeness (QED) is 0.598. The molecular weight excluding hydrogens is 403 g/mol. The third-order valence-corrected chi connectivity index (χ3v) is 5.48. The highest BCUT2D eigenvalue weighted by Gasteiger charge is 2.48. The summed E-state index contributed by atoms with van der Waals surface area (Å²) in [4.78, 5) is 8.26. The van der Waals surface area contributed by atoms with Crippen molar-refractivity contribution in [3.8, 4) is 0 Å². The first-order valence-corrected chi connectivity index (χ1v) is 9.25. The minimum Gasteiger partial charge on any atom is -0.387 e. The molecule has 0 spiro atoms. The summed E-state index contributed by atoms with van der Waals surface area (Å²) in [6, 6.07) is 5.15. The van der Waals surface area contributed by atoms with Crippen molar-refractivity contribution >= 4 is 11.0 Å². The fourth-order valence-corrected chi connectivity index (χ4v) is 3.80. The summed E-state index contributed by atoms with van der Waals surface area (Å²) in [6.07, 6.45) is -8.59. The third kappa shape index (κ3) is 3.35. The predicted molar refractivity (Wildman–Crippen MR) is 99.3 cm³/mol. The number of aliphatic hydroxyl groups excluding tert-OH is 3. The monoisotopic (exact) mass is 423 g/mol. The number of alkyl halides is 3. The Bertz CT molecular complexity index is 1080. The minimum absolute atomic E-state index is 0.0121. The van der Waals surface area contributed by atoms with Crippen LogP contribution in [0.1, 0.15) is 34.7 Å². The molecule has 0 amide bonds. The molecule has 0 unspecified atom stereocenters. The first-order valence-electron chi connectivity index (χ1n) is 9.25. The molecule has 1 fully saturated rings. The maximum Gasteiger partial charge on any atom is 0.416 e. The molecule has 7 nitrogen and oxygen atoms in total. The summed E-state index contributed by atoms with van der Waals surface area (Å²) in [5.41, 5.74) is 0.233. The molecular formula is C20H20F3N3O4.